The van der Waals surface area contributed by atoms with Gasteiger partial charge < -0.3 is 4.74 Å². The average molecular weight is 555 g/mol. The molecule has 1 unspecified atom stereocenters. The van der Waals surface area contributed by atoms with Crippen LogP contribution in [0.2, 0.25) is 0 Å². The predicted octanol–water partition coefficient (Wildman–Crippen LogP) is 11.9. The lowest BCUT2D eigenvalue weighted by molar-refractivity contribution is 0.346. The van der Waals surface area contributed by atoms with Gasteiger partial charge >= 0.3 is 0 Å². The predicted molar refractivity (Wildman–Crippen MR) is 181 cm³/mol. The molecule has 0 bridgehead atoms. The number of rotatable bonds is 11. The first kappa shape index (κ1) is 33.1. The second-order valence-electron chi connectivity index (χ2n) is 14.3. The summed E-state index contributed by atoms with van der Waals surface area (Å²) in [4.78, 5) is 0. The maximum absolute atomic E-state index is 6.02. The lowest BCUT2D eigenvalue weighted by atomic mass is 9.72. The Labute approximate surface area is 253 Å². The third-order valence-corrected chi connectivity index (χ3v) is 9.41. The zero-order valence-electron chi connectivity index (χ0n) is 27.9. The highest BCUT2D eigenvalue weighted by Crippen LogP contribution is 2.42. The van der Waals surface area contributed by atoms with Crippen LogP contribution in [0, 0.1) is 16.7 Å². The van der Waals surface area contributed by atoms with Crippen LogP contribution < -0.4 is 0 Å². The van der Waals surface area contributed by atoms with Crippen molar-refractivity contribution in [1.82, 2.24) is 0 Å². The fourth-order valence-corrected chi connectivity index (χ4v) is 6.58. The standard InChI is InChI=1S/C40H58O/c1-29(21-24-35-32(4)19-13-27-39(35,7)8)15-11-16-31(3)23-26-37-38(41-37)34(6)18-12-17-30(2)22-25-36-33(5)20-14-28-40(36,9)10/h11-12,15-18,21-25,34,37-38H,13-14,19-20,26-28H2,1-10H3/b16-11+,18-12+,24-21+,25-22+,29-15+,30-17+,31-23+/t34?,37-,38-/m1/s1. The quantitative estimate of drug-likeness (QED) is 0.183. The van der Waals surface area contributed by atoms with Crippen LogP contribution in [0.4, 0.5) is 0 Å². The summed E-state index contributed by atoms with van der Waals surface area (Å²) < 4.78 is 6.02. The molecule has 2 aliphatic carbocycles. The second kappa shape index (κ2) is 14.7. The van der Waals surface area contributed by atoms with Gasteiger partial charge in [0.2, 0.25) is 0 Å². The molecule has 0 spiro atoms. The number of allylic oxidation sites excluding steroid dienone is 16. The minimum absolute atomic E-state index is 0.292. The third kappa shape index (κ3) is 10.1. The van der Waals surface area contributed by atoms with Crippen molar-refractivity contribution in [3.63, 3.8) is 0 Å². The number of ether oxygens (including phenoxy) is 1. The van der Waals surface area contributed by atoms with Crippen LogP contribution in [-0.4, -0.2) is 12.2 Å². The fraction of sp³-hybridized carbons (Fsp3) is 0.550. The van der Waals surface area contributed by atoms with Gasteiger partial charge in [-0.1, -0.05) is 129 Å². The molecule has 3 aliphatic rings. The number of hydrogen-bond acceptors (Lipinski definition) is 1. The van der Waals surface area contributed by atoms with Crippen LogP contribution in [0.3, 0.4) is 0 Å². The Bertz CT molecular complexity index is 1200. The second-order valence-corrected chi connectivity index (χ2v) is 14.3. The van der Waals surface area contributed by atoms with Gasteiger partial charge in [0.05, 0.1) is 12.2 Å². The highest BCUT2D eigenvalue weighted by molar-refractivity contribution is 5.38. The van der Waals surface area contributed by atoms with Crippen LogP contribution in [0.15, 0.2) is 106 Å². The minimum Gasteiger partial charge on any atom is -0.369 e. The molecule has 0 amide bonds. The molecular weight excluding hydrogens is 496 g/mol. The molecule has 1 heteroatoms. The summed E-state index contributed by atoms with van der Waals surface area (Å²) in [7, 11) is 0. The smallest absolute Gasteiger partial charge is 0.0904 e. The Kier molecular flexibility index (Phi) is 11.9. The molecule has 0 aromatic carbocycles. The molecule has 3 atom stereocenters. The average Bonchev–Trinajstić information content (AvgIpc) is 3.66. The molecule has 1 saturated heterocycles. The van der Waals surface area contributed by atoms with Gasteiger partial charge in [-0.3, -0.25) is 0 Å². The zero-order chi connectivity index (χ0) is 30.2. The lowest BCUT2D eigenvalue weighted by Gasteiger charge is -2.33. The molecule has 224 valence electrons. The first-order chi connectivity index (χ1) is 19.3. The van der Waals surface area contributed by atoms with Crippen molar-refractivity contribution in [2.24, 2.45) is 16.7 Å². The highest BCUT2D eigenvalue weighted by atomic mass is 16.6. The summed E-state index contributed by atoms with van der Waals surface area (Å²) in [6, 6.07) is 0. The monoisotopic (exact) mass is 554 g/mol. The van der Waals surface area contributed by atoms with Crippen LogP contribution in [0.1, 0.15) is 114 Å². The molecule has 1 fully saturated rings. The molecule has 1 heterocycles. The van der Waals surface area contributed by atoms with Gasteiger partial charge in [-0.05, 0) is 102 Å². The summed E-state index contributed by atoms with van der Waals surface area (Å²) >= 11 is 0. The normalized spacial score (nSPS) is 26.8. The van der Waals surface area contributed by atoms with Crippen molar-refractivity contribution in [3.05, 3.63) is 106 Å². The Morgan fingerprint density at radius 3 is 1.80 bits per heavy atom. The minimum atomic E-state index is 0.292. The van der Waals surface area contributed by atoms with Crippen LogP contribution in [0.5, 0.6) is 0 Å². The largest absolute Gasteiger partial charge is 0.369 e. The summed E-state index contributed by atoms with van der Waals surface area (Å²) in [5.74, 6) is 0.421. The van der Waals surface area contributed by atoms with Gasteiger partial charge in [0.1, 0.15) is 0 Å². The summed E-state index contributed by atoms with van der Waals surface area (Å²) in [5.41, 5.74) is 10.6. The summed E-state index contributed by atoms with van der Waals surface area (Å²) in [6.45, 7) is 22.9. The van der Waals surface area contributed by atoms with Crippen molar-refractivity contribution >= 4 is 0 Å². The first-order valence-electron chi connectivity index (χ1n) is 16.1. The van der Waals surface area contributed by atoms with Crippen LogP contribution in [0.25, 0.3) is 0 Å². The molecule has 41 heavy (non-hydrogen) atoms. The SMILES string of the molecule is CC1=C(/C=C/C(C)=C/C=C/C(C)=C/C[C@H]2O[C@@H]2C(C)/C=C/C=C(C)/C=C/C2=C(C)CCCC2(C)C)C(C)(C)CCC1. The van der Waals surface area contributed by atoms with Crippen molar-refractivity contribution in [1.29, 1.82) is 0 Å². The van der Waals surface area contributed by atoms with Gasteiger partial charge in [-0.15, -0.1) is 0 Å². The van der Waals surface area contributed by atoms with E-state index in [2.05, 4.69) is 136 Å². The van der Waals surface area contributed by atoms with E-state index in [4.69, 9.17) is 4.74 Å². The van der Waals surface area contributed by atoms with E-state index in [1.807, 2.05) is 0 Å². The van der Waals surface area contributed by atoms with E-state index in [0.29, 0.717) is 29.0 Å². The summed E-state index contributed by atoms with van der Waals surface area (Å²) in [5, 5.41) is 0. The van der Waals surface area contributed by atoms with Crippen LogP contribution >= 0.6 is 0 Å². The van der Waals surface area contributed by atoms with E-state index in [9.17, 15) is 0 Å². The first-order valence-corrected chi connectivity index (χ1v) is 16.1. The highest BCUT2D eigenvalue weighted by Gasteiger charge is 2.40. The molecular formula is C40H58O. The maximum atomic E-state index is 6.02. The van der Waals surface area contributed by atoms with E-state index >= 15 is 0 Å². The maximum Gasteiger partial charge on any atom is 0.0904 e. The van der Waals surface area contributed by atoms with Gasteiger partial charge in [0, 0.05) is 5.92 Å². The Hall–Kier alpha value is -2.38. The Balaban J connectivity index is 1.44. The molecule has 3 rings (SSSR count). The van der Waals surface area contributed by atoms with Gasteiger partial charge in [-0.2, -0.15) is 0 Å². The Morgan fingerprint density at radius 2 is 1.29 bits per heavy atom. The molecule has 1 aliphatic heterocycles. The zero-order valence-corrected chi connectivity index (χ0v) is 27.9. The van der Waals surface area contributed by atoms with Crippen LogP contribution in [-0.2, 0) is 4.74 Å². The number of hydrogen-bond donors (Lipinski definition) is 0. The lowest BCUT2D eigenvalue weighted by Crippen LogP contribution is -2.19. The molecule has 1 nitrogen and oxygen atoms in total. The van der Waals surface area contributed by atoms with Crippen molar-refractivity contribution in [2.45, 2.75) is 126 Å². The van der Waals surface area contributed by atoms with E-state index in [1.165, 1.54) is 66.4 Å². The van der Waals surface area contributed by atoms with Gasteiger partial charge in [0.15, 0.2) is 0 Å². The molecule has 0 aromatic heterocycles. The van der Waals surface area contributed by atoms with E-state index in [1.54, 1.807) is 11.1 Å². The van der Waals surface area contributed by atoms with Gasteiger partial charge in [-0.25, -0.2) is 0 Å². The third-order valence-electron chi connectivity index (χ3n) is 9.41. The van der Waals surface area contributed by atoms with Crippen molar-refractivity contribution in [2.75, 3.05) is 0 Å². The Morgan fingerprint density at radius 1 is 0.780 bits per heavy atom. The summed E-state index contributed by atoms with van der Waals surface area (Å²) in [6.07, 6.45) is 34.2. The van der Waals surface area contributed by atoms with E-state index in [-0.39, 0.29) is 0 Å². The van der Waals surface area contributed by atoms with E-state index in [0.717, 1.165) is 6.42 Å². The molecule has 0 radical (unpaired) electrons. The van der Waals surface area contributed by atoms with Crippen molar-refractivity contribution < 1.29 is 4.74 Å². The molecule has 0 saturated carbocycles. The van der Waals surface area contributed by atoms with Crippen molar-refractivity contribution in [3.8, 4) is 0 Å². The molecule has 0 aromatic rings. The fourth-order valence-electron chi connectivity index (χ4n) is 6.58. The number of epoxide rings is 1. The van der Waals surface area contributed by atoms with Gasteiger partial charge in [0.25, 0.3) is 0 Å². The van der Waals surface area contributed by atoms with E-state index < -0.39 is 0 Å². The topological polar surface area (TPSA) is 12.5 Å². The molecule has 0 N–H and O–H groups in total.